The molecular weight excluding hydrogens is 437 g/mol. The minimum absolute atomic E-state index is 0.269. The molecule has 0 radical (unpaired) electrons. The highest BCUT2D eigenvalue weighted by atomic mass is 35.5. The molecule has 0 atom stereocenters. The zero-order valence-electron chi connectivity index (χ0n) is 16.4. The number of ether oxygens (including phenoxy) is 1. The van der Waals surface area contributed by atoms with Gasteiger partial charge in [0.2, 0.25) is 0 Å². The Morgan fingerprint density at radius 2 is 1.90 bits per heavy atom. The van der Waals surface area contributed by atoms with E-state index < -0.39 is 17.3 Å². The number of halogens is 4. The summed E-state index contributed by atoms with van der Waals surface area (Å²) in [6.45, 7) is 4.17. The van der Waals surface area contributed by atoms with Gasteiger partial charge in [-0.05, 0) is 49.7 Å². The molecule has 4 nitrogen and oxygen atoms in total. The van der Waals surface area contributed by atoms with E-state index in [1.54, 1.807) is 44.2 Å². The van der Waals surface area contributed by atoms with Gasteiger partial charge in [-0.3, -0.25) is 14.7 Å². The highest BCUT2D eigenvalue weighted by Gasteiger charge is 2.38. The lowest BCUT2D eigenvalue weighted by Gasteiger charge is -2.30. The molecule has 0 aromatic heterocycles. The summed E-state index contributed by atoms with van der Waals surface area (Å²) in [5, 5.41) is 1.04. The molecule has 0 saturated heterocycles. The van der Waals surface area contributed by atoms with E-state index in [0.717, 1.165) is 12.1 Å². The lowest BCUT2D eigenvalue weighted by atomic mass is 10.1. The number of thioether (sulfide) groups is 1. The summed E-state index contributed by atoms with van der Waals surface area (Å²) in [4.78, 5) is 18.9. The topological polar surface area (TPSA) is 41.9 Å². The van der Waals surface area contributed by atoms with E-state index in [4.69, 9.17) is 16.3 Å². The minimum Gasteiger partial charge on any atom is -0.478 e. The maximum Gasteiger partial charge on any atom is 0.416 e. The molecule has 2 aromatic carbocycles. The number of rotatable bonds is 5. The fourth-order valence-corrected chi connectivity index (χ4v) is 4.00. The third kappa shape index (κ3) is 5.49. The Bertz CT molecular complexity index is 946. The van der Waals surface area contributed by atoms with Gasteiger partial charge < -0.3 is 4.74 Å². The number of aliphatic imine (C=N–C) groups is 1. The van der Waals surface area contributed by atoms with Crippen LogP contribution in [0.3, 0.4) is 0 Å². The Morgan fingerprint density at radius 3 is 2.57 bits per heavy atom. The summed E-state index contributed by atoms with van der Waals surface area (Å²) >= 11 is 7.11. The Kier molecular flexibility index (Phi) is 6.67. The molecule has 9 heteroatoms. The lowest BCUT2D eigenvalue weighted by molar-refractivity contribution is -0.140. The average molecular weight is 457 g/mol. The van der Waals surface area contributed by atoms with Crippen LogP contribution in [0.25, 0.3) is 0 Å². The fourth-order valence-electron chi connectivity index (χ4n) is 2.89. The molecule has 1 aliphatic heterocycles. The van der Waals surface area contributed by atoms with Crippen LogP contribution in [0.2, 0.25) is 5.02 Å². The van der Waals surface area contributed by atoms with Crippen molar-refractivity contribution < 1.29 is 22.7 Å². The van der Waals surface area contributed by atoms with E-state index >= 15 is 0 Å². The fraction of sp³-hybridized carbons (Fsp3) is 0.333. The predicted molar refractivity (Wildman–Crippen MR) is 113 cm³/mol. The Hall–Kier alpha value is -2.19. The van der Waals surface area contributed by atoms with E-state index in [1.165, 1.54) is 22.7 Å². The van der Waals surface area contributed by atoms with Gasteiger partial charge in [-0.1, -0.05) is 41.6 Å². The number of amidine groups is 1. The molecule has 0 unspecified atom stereocenters. The molecule has 0 aliphatic carbocycles. The number of amides is 1. The zero-order chi connectivity index (χ0) is 21.9. The van der Waals surface area contributed by atoms with Crippen molar-refractivity contribution in [2.75, 3.05) is 13.1 Å². The molecule has 0 bridgehead atoms. The van der Waals surface area contributed by atoms with Gasteiger partial charge >= 0.3 is 6.18 Å². The largest absolute Gasteiger partial charge is 0.478 e. The quantitative estimate of drug-likeness (QED) is 0.584. The molecule has 1 heterocycles. The van der Waals surface area contributed by atoms with Crippen LogP contribution >= 0.6 is 23.4 Å². The Balaban J connectivity index is 1.66. The average Bonchev–Trinajstić information content (AvgIpc) is 3.15. The normalized spacial score (nSPS) is 14.6. The number of benzene rings is 2. The number of alkyl halides is 3. The van der Waals surface area contributed by atoms with Crippen molar-refractivity contribution in [3.8, 4) is 5.75 Å². The molecule has 3 rings (SSSR count). The van der Waals surface area contributed by atoms with E-state index in [-0.39, 0.29) is 11.7 Å². The SMILES string of the molecule is CC(C)(Oc1ccc(Cl)cc1)C(=O)N1CCN=C1SCc1cccc(C(F)(F)F)c1. The van der Waals surface area contributed by atoms with Crippen LogP contribution in [-0.2, 0) is 16.7 Å². The van der Waals surface area contributed by atoms with Gasteiger partial charge in [-0.15, -0.1) is 0 Å². The van der Waals surface area contributed by atoms with Crippen LogP contribution < -0.4 is 4.74 Å². The van der Waals surface area contributed by atoms with Crippen LogP contribution in [0.4, 0.5) is 13.2 Å². The van der Waals surface area contributed by atoms with Crippen molar-refractivity contribution >= 4 is 34.4 Å². The second kappa shape index (κ2) is 8.89. The highest BCUT2D eigenvalue weighted by Crippen LogP contribution is 2.31. The molecule has 0 saturated carbocycles. The van der Waals surface area contributed by atoms with Crippen molar-refractivity contribution in [2.24, 2.45) is 4.99 Å². The van der Waals surface area contributed by atoms with E-state index in [1.807, 2.05) is 0 Å². The third-order valence-electron chi connectivity index (χ3n) is 4.37. The number of hydrogen-bond acceptors (Lipinski definition) is 4. The maximum absolute atomic E-state index is 13.1. The van der Waals surface area contributed by atoms with Crippen molar-refractivity contribution in [2.45, 2.75) is 31.4 Å². The van der Waals surface area contributed by atoms with E-state index in [0.29, 0.717) is 34.6 Å². The van der Waals surface area contributed by atoms with Crippen molar-refractivity contribution in [3.05, 3.63) is 64.7 Å². The van der Waals surface area contributed by atoms with E-state index in [2.05, 4.69) is 4.99 Å². The predicted octanol–water partition coefficient (Wildman–Crippen LogP) is 5.65. The molecule has 0 fully saturated rings. The van der Waals surface area contributed by atoms with Crippen molar-refractivity contribution in [3.63, 3.8) is 0 Å². The molecule has 0 N–H and O–H groups in total. The van der Waals surface area contributed by atoms with Crippen LogP contribution in [0.5, 0.6) is 5.75 Å². The highest BCUT2D eigenvalue weighted by molar-refractivity contribution is 8.13. The van der Waals surface area contributed by atoms with Gasteiger partial charge in [-0.25, -0.2) is 0 Å². The van der Waals surface area contributed by atoms with Crippen LogP contribution in [0, 0.1) is 0 Å². The second-order valence-corrected chi connectivity index (χ2v) is 8.55. The number of carbonyl (C=O) groups excluding carboxylic acids is 1. The molecule has 30 heavy (non-hydrogen) atoms. The lowest BCUT2D eigenvalue weighted by Crippen LogP contribution is -2.49. The van der Waals surface area contributed by atoms with Crippen LogP contribution in [-0.4, -0.2) is 34.7 Å². The zero-order valence-corrected chi connectivity index (χ0v) is 17.9. The summed E-state index contributed by atoms with van der Waals surface area (Å²) in [5.74, 6) is 0.502. The summed E-state index contributed by atoms with van der Waals surface area (Å²) in [6, 6.07) is 11.8. The monoisotopic (exact) mass is 456 g/mol. The molecule has 1 amide bonds. The van der Waals surface area contributed by atoms with Gasteiger partial charge in [0.25, 0.3) is 5.91 Å². The first-order chi connectivity index (χ1) is 14.1. The number of hydrogen-bond donors (Lipinski definition) is 0. The number of nitrogens with zero attached hydrogens (tertiary/aromatic N) is 2. The first kappa shape index (κ1) is 22.5. The first-order valence-corrected chi connectivity index (χ1v) is 10.5. The molecule has 2 aromatic rings. The Labute approximate surface area is 182 Å². The molecule has 1 aliphatic rings. The molecule has 0 spiro atoms. The van der Waals surface area contributed by atoms with Gasteiger partial charge in [0.15, 0.2) is 10.8 Å². The molecular formula is C21H20ClF3N2O2S. The van der Waals surface area contributed by atoms with Crippen molar-refractivity contribution in [1.82, 2.24) is 4.90 Å². The minimum atomic E-state index is -4.39. The maximum atomic E-state index is 13.1. The van der Waals surface area contributed by atoms with Gasteiger partial charge in [0.1, 0.15) is 5.75 Å². The first-order valence-electron chi connectivity index (χ1n) is 9.16. The van der Waals surface area contributed by atoms with Crippen LogP contribution in [0.1, 0.15) is 25.0 Å². The third-order valence-corrected chi connectivity index (χ3v) is 5.71. The van der Waals surface area contributed by atoms with Gasteiger partial charge in [-0.2, -0.15) is 13.2 Å². The molecule has 160 valence electrons. The van der Waals surface area contributed by atoms with Gasteiger partial charge in [0, 0.05) is 17.3 Å². The summed E-state index contributed by atoms with van der Waals surface area (Å²) < 4.78 is 44.6. The van der Waals surface area contributed by atoms with Crippen molar-refractivity contribution in [1.29, 1.82) is 0 Å². The summed E-state index contributed by atoms with van der Waals surface area (Å²) in [5.41, 5.74) is -1.34. The van der Waals surface area contributed by atoms with Gasteiger partial charge in [0.05, 0.1) is 12.1 Å². The van der Waals surface area contributed by atoms with E-state index in [9.17, 15) is 18.0 Å². The smallest absolute Gasteiger partial charge is 0.416 e. The summed E-state index contributed by atoms with van der Waals surface area (Å²) in [6.07, 6.45) is -4.39. The standard InChI is InChI=1S/C21H20ClF3N2O2S/c1-20(2,29-17-8-6-16(22)7-9-17)18(28)27-11-10-26-19(27)30-13-14-4-3-5-15(12-14)21(23,24)25/h3-9,12H,10-11,13H2,1-2H3. The number of carbonyl (C=O) groups is 1. The second-order valence-electron chi connectivity index (χ2n) is 7.17. The Morgan fingerprint density at radius 1 is 1.20 bits per heavy atom. The van der Waals surface area contributed by atoms with Crippen LogP contribution in [0.15, 0.2) is 53.5 Å². The summed E-state index contributed by atoms with van der Waals surface area (Å²) in [7, 11) is 0.